The van der Waals surface area contributed by atoms with Crippen LogP contribution in [0.3, 0.4) is 0 Å². The summed E-state index contributed by atoms with van der Waals surface area (Å²) in [5.74, 6) is -0.711. The molecule has 2 atom stereocenters. The smallest absolute Gasteiger partial charge is 0.422 e. The molecule has 2 unspecified atom stereocenters. The topological polar surface area (TPSA) is 76.0 Å². The Bertz CT molecular complexity index is 458. The number of aliphatic hydroxyl groups is 2. The van der Waals surface area contributed by atoms with Gasteiger partial charge in [-0.1, -0.05) is 12.1 Å². The van der Waals surface area contributed by atoms with Gasteiger partial charge in [-0.25, -0.2) is 0 Å². The highest BCUT2D eigenvalue weighted by Gasteiger charge is 2.28. The Morgan fingerprint density at radius 1 is 1.24 bits per heavy atom. The fourth-order valence-electron chi connectivity index (χ4n) is 1.51. The zero-order chi connectivity index (χ0) is 16.0. The molecular formula is C13H15F3O5. The van der Waals surface area contributed by atoms with Crippen molar-refractivity contribution in [1.29, 1.82) is 0 Å². The minimum Gasteiger partial charge on any atom is -0.484 e. The summed E-state index contributed by atoms with van der Waals surface area (Å²) >= 11 is 0. The molecule has 0 saturated heterocycles. The normalized spacial score (nSPS) is 14.4. The van der Waals surface area contributed by atoms with Crippen molar-refractivity contribution in [3.8, 4) is 5.75 Å². The number of esters is 1. The number of ether oxygens (including phenoxy) is 2. The third-order valence-electron chi connectivity index (χ3n) is 2.59. The van der Waals surface area contributed by atoms with Crippen molar-refractivity contribution in [1.82, 2.24) is 0 Å². The van der Waals surface area contributed by atoms with E-state index in [4.69, 9.17) is 0 Å². The molecule has 0 aliphatic heterocycles. The van der Waals surface area contributed by atoms with Crippen molar-refractivity contribution < 1.29 is 37.7 Å². The SMILES string of the molecule is COC(=O)CC(O)C(O)c1ccc(OCC(F)(F)F)cc1. The van der Waals surface area contributed by atoms with E-state index in [1.54, 1.807) is 0 Å². The van der Waals surface area contributed by atoms with Crippen LogP contribution in [0.4, 0.5) is 13.2 Å². The van der Waals surface area contributed by atoms with Crippen LogP contribution in [-0.2, 0) is 9.53 Å². The maximum absolute atomic E-state index is 12.0. The van der Waals surface area contributed by atoms with E-state index in [1.807, 2.05) is 0 Å². The zero-order valence-electron chi connectivity index (χ0n) is 11.1. The zero-order valence-corrected chi connectivity index (χ0v) is 11.1. The number of alkyl halides is 3. The lowest BCUT2D eigenvalue weighted by molar-refractivity contribution is -0.153. The monoisotopic (exact) mass is 308 g/mol. The summed E-state index contributed by atoms with van der Waals surface area (Å²) in [7, 11) is 1.15. The number of methoxy groups -OCH3 is 1. The number of halogens is 3. The largest absolute Gasteiger partial charge is 0.484 e. The molecule has 1 aromatic carbocycles. The van der Waals surface area contributed by atoms with Crippen molar-refractivity contribution in [2.24, 2.45) is 0 Å². The molecule has 0 aliphatic carbocycles. The van der Waals surface area contributed by atoms with E-state index in [0.29, 0.717) is 0 Å². The fraction of sp³-hybridized carbons (Fsp3) is 0.462. The van der Waals surface area contributed by atoms with Gasteiger partial charge in [-0.2, -0.15) is 13.2 Å². The van der Waals surface area contributed by atoms with Gasteiger partial charge in [0.25, 0.3) is 0 Å². The lowest BCUT2D eigenvalue weighted by atomic mass is 10.0. The Morgan fingerprint density at radius 2 is 1.81 bits per heavy atom. The molecule has 118 valence electrons. The van der Waals surface area contributed by atoms with Crippen LogP contribution in [0.2, 0.25) is 0 Å². The molecule has 0 amide bonds. The molecule has 0 bridgehead atoms. The van der Waals surface area contributed by atoms with Gasteiger partial charge in [0.15, 0.2) is 6.61 Å². The molecule has 1 aromatic rings. The molecule has 0 aliphatic rings. The molecule has 21 heavy (non-hydrogen) atoms. The molecule has 1 rings (SSSR count). The minimum atomic E-state index is -4.44. The third-order valence-corrected chi connectivity index (χ3v) is 2.59. The van der Waals surface area contributed by atoms with Gasteiger partial charge in [-0.05, 0) is 17.7 Å². The predicted octanol–water partition coefficient (Wildman–Crippen LogP) is 1.59. The van der Waals surface area contributed by atoms with Gasteiger partial charge in [0.05, 0.1) is 19.6 Å². The molecule has 0 spiro atoms. The highest BCUT2D eigenvalue weighted by Crippen LogP contribution is 2.23. The Balaban J connectivity index is 2.62. The average molecular weight is 308 g/mol. The summed E-state index contributed by atoms with van der Waals surface area (Å²) in [6.07, 6.45) is -7.57. The van der Waals surface area contributed by atoms with Crippen molar-refractivity contribution in [3.05, 3.63) is 29.8 Å². The van der Waals surface area contributed by atoms with Crippen LogP contribution in [-0.4, -0.2) is 42.2 Å². The fourth-order valence-corrected chi connectivity index (χ4v) is 1.51. The van der Waals surface area contributed by atoms with Gasteiger partial charge >= 0.3 is 12.1 Å². The van der Waals surface area contributed by atoms with Crippen LogP contribution in [0.5, 0.6) is 5.75 Å². The van der Waals surface area contributed by atoms with E-state index < -0.39 is 37.4 Å². The van der Waals surface area contributed by atoms with Gasteiger partial charge in [0.2, 0.25) is 0 Å². The number of rotatable bonds is 6. The second-order valence-corrected chi connectivity index (χ2v) is 4.27. The third kappa shape index (κ3) is 6.01. The Kier molecular flexibility index (Phi) is 5.98. The molecular weight excluding hydrogens is 293 g/mol. The first-order valence-corrected chi connectivity index (χ1v) is 5.95. The molecule has 0 saturated carbocycles. The van der Waals surface area contributed by atoms with E-state index in [-0.39, 0.29) is 11.3 Å². The first kappa shape index (κ1) is 17.3. The minimum absolute atomic E-state index is 0.0225. The number of carbonyl (C=O) groups excluding carboxylic acids is 1. The first-order chi connectivity index (χ1) is 9.73. The van der Waals surface area contributed by atoms with Crippen LogP contribution in [0, 0.1) is 0 Å². The van der Waals surface area contributed by atoms with Crippen molar-refractivity contribution in [3.63, 3.8) is 0 Å². The lowest BCUT2D eigenvalue weighted by Gasteiger charge is -2.17. The highest BCUT2D eigenvalue weighted by atomic mass is 19.4. The maximum Gasteiger partial charge on any atom is 0.422 e. The van der Waals surface area contributed by atoms with Gasteiger partial charge in [0.1, 0.15) is 11.9 Å². The van der Waals surface area contributed by atoms with E-state index >= 15 is 0 Å². The van der Waals surface area contributed by atoms with E-state index in [0.717, 1.165) is 7.11 Å². The Hall–Kier alpha value is -1.80. The molecule has 0 radical (unpaired) electrons. The molecule has 0 aromatic heterocycles. The Morgan fingerprint density at radius 3 is 2.29 bits per heavy atom. The predicted molar refractivity (Wildman–Crippen MR) is 65.6 cm³/mol. The second-order valence-electron chi connectivity index (χ2n) is 4.27. The highest BCUT2D eigenvalue weighted by molar-refractivity contribution is 5.69. The number of carbonyl (C=O) groups is 1. The molecule has 8 heteroatoms. The lowest BCUT2D eigenvalue weighted by Crippen LogP contribution is -2.22. The van der Waals surface area contributed by atoms with Crippen LogP contribution in [0.25, 0.3) is 0 Å². The summed E-state index contributed by atoms with van der Waals surface area (Å²) in [6.45, 7) is -1.42. The van der Waals surface area contributed by atoms with Gasteiger partial charge in [-0.3, -0.25) is 4.79 Å². The maximum atomic E-state index is 12.0. The van der Waals surface area contributed by atoms with E-state index in [9.17, 15) is 28.2 Å². The standard InChI is InChI=1S/C13H15F3O5/c1-20-11(18)6-10(17)12(19)8-2-4-9(5-3-8)21-7-13(14,15)16/h2-5,10,12,17,19H,6-7H2,1H3. The van der Waals surface area contributed by atoms with E-state index in [2.05, 4.69) is 9.47 Å². The Labute approximate surface area is 118 Å². The van der Waals surface area contributed by atoms with Crippen LogP contribution < -0.4 is 4.74 Å². The van der Waals surface area contributed by atoms with Crippen molar-refractivity contribution >= 4 is 5.97 Å². The van der Waals surface area contributed by atoms with Crippen LogP contribution in [0.15, 0.2) is 24.3 Å². The molecule has 2 N–H and O–H groups in total. The number of benzene rings is 1. The summed E-state index contributed by atoms with van der Waals surface area (Å²) in [6, 6.07) is 5.07. The van der Waals surface area contributed by atoms with Crippen molar-refractivity contribution in [2.45, 2.75) is 24.8 Å². The summed E-state index contributed by atoms with van der Waals surface area (Å²) in [5, 5.41) is 19.4. The number of hydrogen-bond donors (Lipinski definition) is 2. The van der Waals surface area contributed by atoms with Crippen molar-refractivity contribution in [2.75, 3.05) is 13.7 Å². The molecule has 0 heterocycles. The second kappa shape index (κ2) is 7.28. The van der Waals surface area contributed by atoms with Gasteiger partial charge in [0, 0.05) is 0 Å². The molecule has 5 nitrogen and oxygen atoms in total. The quantitative estimate of drug-likeness (QED) is 0.781. The summed E-state index contributed by atoms with van der Waals surface area (Å²) < 4.78 is 44.8. The first-order valence-electron chi connectivity index (χ1n) is 5.95. The average Bonchev–Trinajstić information content (AvgIpc) is 2.43. The van der Waals surface area contributed by atoms with Crippen LogP contribution >= 0.6 is 0 Å². The number of hydrogen-bond acceptors (Lipinski definition) is 5. The van der Waals surface area contributed by atoms with Crippen LogP contribution in [0.1, 0.15) is 18.1 Å². The summed E-state index contributed by atoms with van der Waals surface area (Å²) in [4.78, 5) is 11.0. The molecule has 0 fully saturated rings. The number of aliphatic hydroxyl groups excluding tert-OH is 2. The summed E-state index contributed by atoms with van der Waals surface area (Å²) in [5.41, 5.74) is 0.241. The van der Waals surface area contributed by atoms with Gasteiger partial charge in [-0.15, -0.1) is 0 Å². The van der Waals surface area contributed by atoms with E-state index in [1.165, 1.54) is 24.3 Å². The van der Waals surface area contributed by atoms with Gasteiger partial charge < -0.3 is 19.7 Å².